The standard InChI is InChI=1S/C39H39F2N4O11P/c1-22(24-11-14-27(15-12-24)39(40,41)57(52)55-20-53-37(50)28-8-3-4-9-29(28)38(51)54-21-56-57)18-33(47)44-30-16-13-25-6-5-7-26-19-31(45(34(25)26)36(30)49)35(48)43-23(2)10-17-32(42)46/h3-9,11-12,14-15,18,23,30-31H,10,13,16-17,19-21H2,1-2H3,(H2,42,46)(H,43,48)(H,44,47)/b22-18+. The van der Waals surface area contributed by atoms with Gasteiger partial charge >= 0.3 is 25.2 Å². The van der Waals surface area contributed by atoms with Crippen molar-refractivity contribution >= 4 is 54.4 Å². The van der Waals surface area contributed by atoms with Gasteiger partial charge in [-0.1, -0.05) is 54.6 Å². The second kappa shape index (κ2) is 16.8. The van der Waals surface area contributed by atoms with Crippen molar-refractivity contribution in [3.63, 3.8) is 0 Å². The van der Waals surface area contributed by atoms with Crippen molar-refractivity contribution in [2.45, 2.75) is 69.7 Å². The number of nitrogens with one attached hydrogen (secondary N) is 2. The predicted octanol–water partition coefficient (Wildman–Crippen LogP) is 4.47. The highest BCUT2D eigenvalue weighted by molar-refractivity contribution is 7.54. The maximum atomic E-state index is 15.8. The number of hydrogen-bond acceptors (Lipinski definition) is 11. The van der Waals surface area contributed by atoms with E-state index in [9.17, 15) is 33.3 Å². The highest BCUT2D eigenvalue weighted by Gasteiger charge is 2.56. The first-order valence-electron chi connectivity index (χ1n) is 17.9. The molecule has 3 unspecified atom stereocenters. The minimum atomic E-state index is -5.51. The number of nitrogens with zero attached hydrogens (tertiary/aromatic N) is 1. The van der Waals surface area contributed by atoms with Crippen LogP contribution in [0.2, 0.25) is 0 Å². The van der Waals surface area contributed by atoms with Crippen LogP contribution in [0.4, 0.5) is 14.5 Å². The molecule has 4 amide bonds. The maximum absolute atomic E-state index is 15.8. The average molecular weight is 809 g/mol. The van der Waals surface area contributed by atoms with E-state index in [0.717, 1.165) is 23.3 Å². The number of carbonyl (C=O) groups excluding carboxylic acids is 6. The Morgan fingerprint density at radius 2 is 1.56 bits per heavy atom. The summed E-state index contributed by atoms with van der Waals surface area (Å²) in [5, 5.41) is 5.60. The van der Waals surface area contributed by atoms with Gasteiger partial charge in [0.15, 0.2) is 0 Å². The molecule has 3 aliphatic rings. The SMILES string of the molecule is C/C(=C\C(=O)NC1CCc2cccc3c2N(C1=O)C(C(=O)NC(C)CCC(N)=O)C3)c1ccc(C(F)(F)P2(=O)OCOC(=O)c3ccccc3C(=O)OCO2)cc1. The number of primary amides is 1. The van der Waals surface area contributed by atoms with E-state index in [-0.39, 0.29) is 36.4 Å². The number of anilines is 1. The van der Waals surface area contributed by atoms with Gasteiger partial charge < -0.3 is 25.8 Å². The van der Waals surface area contributed by atoms with Crippen molar-refractivity contribution in [3.05, 3.63) is 106 Å². The molecule has 300 valence electrons. The van der Waals surface area contributed by atoms with Crippen LogP contribution < -0.4 is 21.3 Å². The lowest BCUT2D eigenvalue weighted by Gasteiger charge is -2.28. The third kappa shape index (κ3) is 8.65. The number of cyclic esters (lactones) is 2. The summed E-state index contributed by atoms with van der Waals surface area (Å²) in [5.74, 6) is -4.24. The first kappa shape index (κ1) is 40.9. The molecule has 3 aromatic rings. The van der Waals surface area contributed by atoms with Gasteiger partial charge in [-0.25, -0.2) is 9.59 Å². The lowest BCUT2D eigenvalue weighted by Crippen LogP contribution is -2.55. The molecule has 0 spiro atoms. The van der Waals surface area contributed by atoms with Crippen molar-refractivity contribution in [3.8, 4) is 0 Å². The number of nitrogens with two attached hydrogens (primary N) is 1. The fourth-order valence-corrected chi connectivity index (χ4v) is 8.07. The van der Waals surface area contributed by atoms with Gasteiger partial charge in [0, 0.05) is 30.5 Å². The largest absolute Gasteiger partial charge is 0.434 e. The second-order valence-corrected chi connectivity index (χ2v) is 15.8. The highest BCUT2D eigenvalue weighted by Crippen LogP contribution is 2.67. The van der Waals surface area contributed by atoms with Crippen LogP contribution in [0.3, 0.4) is 0 Å². The predicted molar refractivity (Wildman–Crippen MR) is 198 cm³/mol. The molecule has 0 saturated carbocycles. The van der Waals surface area contributed by atoms with Gasteiger partial charge in [0.25, 0.3) is 0 Å². The van der Waals surface area contributed by atoms with Crippen LogP contribution in [-0.4, -0.2) is 67.3 Å². The van der Waals surface area contributed by atoms with Crippen molar-refractivity contribution in [2.75, 3.05) is 18.5 Å². The molecule has 57 heavy (non-hydrogen) atoms. The minimum absolute atomic E-state index is 0.0822. The summed E-state index contributed by atoms with van der Waals surface area (Å²) in [7, 11) is -5.51. The topological polar surface area (TPSA) is 210 Å². The molecule has 3 heterocycles. The van der Waals surface area contributed by atoms with Crippen LogP contribution in [0, 0.1) is 0 Å². The van der Waals surface area contributed by atoms with Crippen LogP contribution in [-0.2, 0) is 60.8 Å². The fraction of sp³-hybridized carbons (Fsp3) is 0.333. The molecule has 18 heteroatoms. The summed E-state index contributed by atoms with van der Waals surface area (Å²) in [6, 6.07) is 13.0. The average Bonchev–Trinajstić information content (AvgIpc) is 3.51. The molecule has 0 bridgehead atoms. The molecule has 0 aliphatic carbocycles. The zero-order valence-electron chi connectivity index (χ0n) is 30.8. The number of carbonyl (C=O) groups is 6. The maximum Gasteiger partial charge on any atom is 0.410 e. The Kier molecular flexibility index (Phi) is 12.0. The van der Waals surface area contributed by atoms with Gasteiger partial charge in [0.1, 0.15) is 12.1 Å². The smallest absolute Gasteiger partial charge is 0.410 e. The molecule has 15 nitrogen and oxygen atoms in total. The van der Waals surface area contributed by atoms with Gasteiger partial charge in [-0.15, -0.1) is 0 Å². The van der Waals surface area contributed by atoms with E-state index in [2.05, 4.69) is 10.6 Å². The van der Waals surface area contributed by atoms with E-state index >= 15 is 8.78 Å². The number of halogens is 2. The number of amides is 4. The van der Waals surface area contributed by atoms with E-state index in [1.54, 1.807) is 13.8 Å². The van der Waals surface area contributed by atoms with Crippen LogP contribution >= 0.6 is 7.60 Å². The molecule has 3 aromatic carbocycles. The first-order chi connectivity index (χ1) is 27.1. The monoisotopic (exact) mass is 808 g/mol. The molecule has 0 saturated heterocycles. The summed E-state index contributed by atoms with van der Waals surface area (Å²) >= 11 is 0. The molecule has 3 atom stereocenters. The molecule has 0 radical (unpaired) electrons. The van der Waals surface area contributed by atoms with Crippen LogP contribution in [0.5, 0.6) is 0 Å². The molecular formula is C39H39F2N4O11P. The van der Waals surface area contributed by atoms with E-state index in [0.29, 0.717) is 29.7 Å². The number of para-hydroxylation sites is 1. The zero-order valence-corrected chi connectivity index (χ0v) is 31.7. The van der Waals surface area contributed by atoms with Crippen LogP contribution in [0.1, 0.15) is 76.1 Å². The highest BCUT2D eigenvalue weighted by atomic mass is 31.2. The Morgan fingerprint density at radius 1 is 0.947 bits per heavy atom. The molecule has 3 aliphatic heterocycles. The molecular weight excluding hydrogens is 769 g/mol. The van der Waals surface area contributed by atoms with Crippen LogP contribution in [0.25, 0.3) is 5.57 Å². The van der Waals surface area contributed by atoms with E-state index < -0.39 is 80.1 Å². The summed E-state index contributed by atoms with van der Waals surface area (Å²) in [6.07, 6.45) is 2.55. The number of ether oxygens (including phenoxy) is 2. The Morgan fingerprint density at radius 3 is 2.18 bits per heavy atom. The number of rotatable bonds is 10. The number of fused-ring (bicyclic) bond motifs is 1. The lowest BCUT2D eigenvalue weighted by atomic mass is 10.0. The van der Waals surface area contributed by atoms with Gasteiger partial charge in [-0.2, -0.15) is 8.78 Å². The minimum Gasteiger partial charge on any atom is -0.434 e. The number of alkyl halides is 2. The second-order valence-electron chi connectivity index (χ2n) is 13.7. The van der Waals surface area contributed by atoms with Gasteiger partial charge in [0.2, 0.25) is 37.2 Å². The lowest BCUT2D eigenvalue weighted by molar-refractivity contribution is -0.128. The van der Waals surface area contributed by atoms with Crippen molar-refractivity contribution in [2.24, 2.45) is 5.73 Å². The summed E-state index contributed by atoms with van der Waals surface area (Å²) < 4.78 is 64.5. The molecule has 0 fully saturated rings. The fourth-order valence-electron chi connectivity index (χ4n) is 6.82. The molecule has 0 aromatic heterocycles. The third-order valence-electron chi connectivity index (χ3n) is 9.81. The number of aryl methyl sites for hydroxylation is 1. The van der Waals surface area contributed by atoms with Crippen LogP contribution in [0.15, 0.2) is 72.8 Å². The summed E-state index contributed by atoms with van der Waals surface area (Å²) in [4.78, 5) is 78.5. The van der Waals surface area contributed by atoms with Crippen molar-refractivity contribution < 1.29 is 60.6 Å². The summed E-state index contributed by atoms with van der Waals surface area (Å²) in [6.45, 7) is 0.899. The number of hydrogen-bond donors (Lipinski definition) is 3. The van der Waals surface area contributed by atoms with Gasteiger partial charge in [-0.3, -0.25) is 37.7 Å². The Balaban J connectivity index is 1.13. The van der Waals surface area contributed by atoms with Gasteiger partial charge in [-0.05, 0) is 67.5 Å². The Bertz CT molecular complexity index is 2150. The Labute approximate surface area is 325 Å². The third-order valence-corrected chi connectivity index (χ3v) is 11.6. The van der Waals surface area contributed by atoms with Gasteiger partial charge in [0.05, 0.1) is 16.8 Å². The van der Waals surface area contributed by atoms with Crippen molar-refractivity contribution in [1.82, 2.24) is 10.6 Å². The van der Waals surface area contributed by atoms with Crippen molar-refractivity contribution in [1.29, 1.82) is 0 Å². The number of benzene rings is 3. The molecule has 6 rings (SSSR count). The first-order valence-corrected chi connectivity index (χ1v) is 19.5. The summed E-state index contributed by atoms with van der Waals surface area (Å²) in [5.41, 5.74) is 2.60. The quantitative estimate of drug-likeness (QED) is 0.148. The van der Waals surface area contributed by atoms with E-state index in [1.165, 1.54) is 47.4 Å². The van der Waals surface area contributed by atoms with E-state index in [4.69, 9.17) is 24.3 Å². The van der Waals surface area contributed by atoms with E-state index in [1.807, 2.05) is 18.2 Å². The molecule has 4 N–H and O–H groups in total. The normalized spacial score (nSPS) is 20.1. The number of allylic oxidation sites excluding steroid dienone is 1. The zero-order chi connectivity index (χ0) is 41.1. The Hall–Kier alpha value is -5.77. The number of esters is 2.